The first kappa shape index (κ1) is 21.5. The second kappa shape index (κ2) is 10.5. The van der Waals surface area contributed by atoms with Crippen LogP contribution in [-0.2, 0) is 24.4 Å². The second-order valence-corrected chi connectivity index (χ2v) is 8.79. The van der Waals surface area contributed by atoms with Crippen LogP contribution in [0.5, 0.6) is 5.75 Å². The highest BCUT2D eigenvalue weighted by Crippen LogP contribution is 2.24. The van der Waals surface area contributed by atoms with E-state index in [-0.39, 0.29) is 12.5 Å². The van der Waals surface area contributed by atoms with E-state index >= 15 is 0 Å². The quantitative estimate of drug-likeness (QED) is 0.227. The van der Waals surface area contributed by atoms with Gasteiger partial charge in [0.05, 0.1) is 6.61 Å². The molecule has 1 aromatic rings. The third-order valence-electron chi connectivity index (χ3n) is 3.57. The van der Waals surface area contributed by atoms with Crippen LogP contribution < -0.4 is 10.1 Å². The maximum absolute atomic E-state index is 11.7. The number of esters is 1. The van der Waals surface area contributed by atoms with Gasteiger partial charge >= 0.3 is 5.97 Å². The summed E-state index contributed by atoms with van der Waals surface area (Å²) in [5, 5.41) is 4.74. The first-order valence-electron chi connectivity index (χ1n) is 8.43. The molecule has 0 aliphatic carbocycles. The van der Waals surface area contributed by atoms with Crippen molar-refractivity contribution in [2.75, 3.05) is 13.2 Å². The number of carbonyl (C=O) groups is 2. The first-order valence-corrected chi connectivity index (χ1v) is 10.5. The molecule has 1 aliphatic rings. The lowest BCUT2D eigenvalue weighted by molar-refractivity contribution is -0.146. The highest BCUT2D eigenvalue weighted by molar-refractivity contribution is 8.19. The number of allylic oxidation sites excluding steroid dienone is 1. The molecule has 27 heavy (non-hydrogen) atoms. The smallest absolute Gasteiger partial charge is 0.344 e. The second-order valence-electron chi connectivity index (χ2n) is 5.72. The highest BCUT2D eigenvalue weighted by Gasteiger charge is 2.07. The van der Waals surface area contributed by atoms with Crippen LogP contribution in [0.15, 0.2) is 24.3 Å². The number of carbonyl (C=O) groups excluding carboxylic acids is 2. The largest absolute Gasteiger partial charge is 0.481 e. The number of thiocarbonyl (C=S) groups is 1. The van der Waals surface area contributed by atoms with Crippen LogP contribution >= 0.6 is 23.8 Å². The zero-order valence-corrected chi connectivity index (χ0v) is 17.5. The van der Waals surface area contributed by atoms with E-state index in [4.69, 9.17) is 33.3 Å². The number of rotatable bonds is 8. The van der Waals surface area contributed by atoms with Crippen LogP contribution in [0.25, 0.3) is 6.08 Å². The zero-order valence-electron chi connectivity index (χ0n) is 15.1. The number of ether oxygens (including phenoxy) is 2. The molecule has 0 radical (unpaired) electrons. The number of hydrogen-bond acceptors (Lipinski definition) is 6. The van der Waals surface area contributed by atoms with Crippen molar-refractivity contribution in [1.82, 2.24) is 5.32 Å². The van der Waals surface area contributed by atoms with Crippen LogP contribution in [-0.4, -0.2) is 39.6 Å². The van der Waals surface area contributed by atoms with Gasteiger partial charge in [0.25, 0.3) is 0 Å². The van der Waals surface area contributed by atoms with E-state index in [0.717, 1.165) is 23.3 Å². The van der Waals surface area contributed by atoms with Crippen molar-refractivity contribution >= 4 is 66.4 Å². The lowest BCUT2D eigenvalue weighted by Crippen LogP contribution is -2.21. The fourth-order valence-electron chi connectivity index (χ4n) is 2.15. The summed E-state index contributed by atoms with van der Waals surface area (Å²) in [5.41, 5.74) is 0.719. The van der Waals surface area contributed by atoms with Gasteiger partial charge in [-0.2, -0.15) is 4.86 Å². The van der Waals surface area contributed by atoms with Gasteiger partial charge in [0.15, 0.2) is 6.61 Å². The highest BCUT2D eigenvalue weighted by atomic mass is 35.5. The van der Waals surface area contributed by atoms with Gasteiger partial charge in [-0.3, -0.25) is 4.79 Å². The Labute approximate surface area is 171 Å². The van der Waals surface area contributed by atoms with Crippen molar-refractivity contribution in [2.24, 2.45) is 0 Å². The fraction of sp³-hybridized carbons (Fsp3) is 0.316. The molecule has 0 unspecified atom stereocenters. The van der Waals surface area contributed by atoms with E-state index in [1.807, 2.05) is 26.0 Å². The Morgan fingerprint density at radius 1 is 1.41 bits per heavy atom. The summed E-state index contributed by atoms with van der Waals surface area (Å²) in [7, 11) is -0.521. The van der Waals surface area contributed by atoms with E-state index in [9.17, 15) is 9.59 Å². The Kier molecular flexibility index (Phi) is 8.34. The van der Waals surface area contributed by atoms with Crippen molar-refractivity contribution < 1.29 is 19.1 Å². The van der Waals surface area contributed by atoms with Gasteiger partial charge in [0.2, 0.25) is 5.91 Å². The van der Waals surface area contributed by atoms with Crippen LogP contribution in [0.1, 0.15) is 32.3 Å². The summed E-state index contributed by atoms with van der Waals surface area (Å²) >= 11 is 11.3. The molecule has 0 spiro atoms. The molecule has 0 saturated heterocycles. The van der Waals surface area contributed by atoms with Gasteiger partial charge < -0.3 is 24.9 Å². The molecule has 0 aromatic heterocycles. The Hall–Kier alpha value is -1.83. The van der Waals surface area contributed by atoms with Crippen LogP contribution in [0.4, 0.5) is 0 Å². The summed E-state index contributed by atoms with van der Waals surface area (Å²) < 4.78 is 11.2. The van der Waals surface area contributed by atoms with Crippen LogP contribution in [0.3, 0.4) is 0 Å². The number of benzene rings is 1. The Balaban J connectivity index is 2.13. The van der Waals surface area contributed by atoms with Crippen LogP contribution in [0, 0.1) is 0 Å². The van der Waals surface area contributed by atoms with E-state index in [1.54, 1.807) is 23.6 Å². The molecule has 0 saturated carbocycles. The zero-order chi connectivity index (χ0) is 19.8. The normalized spacial score (nSPS) is 16.9. The predicted molar refractivity (Wildman–Crippen MR) is 117 cm³/mol. The van der Waals surface area contributed by atoms with E-state index in [1.165, 1.54) is 0 Å². The molecular formula is C19H21ClNO4S2-. The van der Waals surface area contributed by atoms with E-state index in [0.29, 0.717) is 21.7 Å². The van der Waals surface area contributed by atoms with Gasteiger partial charge in [-0.05, 0) is 28.9 Å². The minimum absolute atomic E-state index is 0.171. The summed E-state index contributed by atoms with van der Waals surface area (Å²) in [4.78, 5) is 24.1. The molecule has 1 heterocycles. The minimum atomic E-state index is -0.521. The first-order chi connectivity index (χ1) is 12.9. The molecule has 1 aromatic carbocycles. The number of amides is 1. The standard InChI is InChI=1S/C19H21ClNO4S2/c1-3-4-9-24-18(23)11-25-16-8-7-15(20)10-14(16)6-5-13(2)27-12-17(22)21-19(27)26/h5-8,10,12H,3-4,9,11H2,1-2H3,(H,21,22,26)/q-1. The summed E-state index contributed by atoms with van der Waals surface area (Å²) in [5.74, 6) is -0.0658. The molecule has 5 nitrogen and oxygen atoms in total. The summed E-state index contributed by atoms with van der Waals surface area (Å²) in [6, 6.07) is 5.14. The third-order valence-corrected chi connectivity index (χ3v) is 6.23. The Morgan fingerprint density at radius 2 is 2.19 bits per heavy atom. The van der Waals surface area contributed by atoms with Gasteiger partial charge in [-0.1, -0.05) is 56.2 Å². The van der Waals surface area contributed by atoms with Crippen molar-refractivity contribution in [3.8, 4) is 5.75 Å². The van der Waals surface area contributed by atoms with Gasteiger partial charge in [0.1, 0.15) is 5.75 Å². The number of hydrogen-bond donors (Lipinski definition) is 1. The topological polar surface area (TPSA) is 64.6 Å². The number of halogens is 1. The lowest BCUT2D eigenvalue weighted by atomic mass is 10.2. The van der Waals surface area contributed by atoms with Crippen LogP contribution in [0.2, 0.25) is 5.02 Å². The average Bonchev–Trinajstić information content (AvgIpc) is 2.97. The van der Waals surface area contributed by atoms with Crippen molar-refractivity contribution in [1.29, 1.82) is 0 Å². The number of unbranched alkanes of at least 4 members (excludes halogenated alkanes) is 1. The Bertz CT molecular complexity index is 870. The molecule has 0 atom stereocenters. The van der Waals surface area contributed by atoms with Crippen molar-refractivity contribution in [3.63, 3.8) is 0 Å². The summed E-state index contributed by atoms with van der Waals surface area (Å²) in [6.07, 6.45) is 5.48. The molecule has 0 fully saturated rings. The predicted octanol–water partition coefficient (Wildman–Crippen LogP) is 3.10. The Morgan fingerprint density at radius 3 is 2.85 bits per heavy atom. The van der Waals surface area contributed by atoms with Gasteiger partial charge in [-0.15, -0.1) is 5.37 Å². The molecule has 146 valence electrons. The average molecular weight is 427 g/mol. The van der Waals surface area contributed by atoms with E-state index < -0.39 is 16.0 Å². The lowest BCUT2D eigenvalue weighted by Gasteiger charge is -2.12. The molecule has 1 amide bonds. The molecule has 1 N–H and O–H groups in total. The number of nitrogens with one attached hydrogen (secondary N) is 1. The van der Waals surface area contributed by atoms with E-state index in [2.05, 4.69) is 5.32 Å². The molecule has 8 heteroatoms. The monoisotopic (exact) mass is 426 g/mol. The molecular weight excluding hydrogens is 406 g/mol. The molecule has 2 rings (SSSR count). The third kappa shape index (κ3) is 6.68. The SMILES string of the molecule is CCCCOC(=O)COc1ccc(Cl)cc1C=CC(C)=[S-]1=CC(=O)NC1=S. The minimum Gasteiger partial charge on any atom is -0.481 e. The molecule has 1 aliphatic heterocycles. The molecule has 0 bridgehead atoms. The van der Waals surface area contributed by atoms with Gasteiger partial charge in [0, 0.05) is 10.6 Å². The fourth-order valence-corrected chi connectivity index (χ4v) is 4.26. The summed E-state index contributed by atoms with van der Waals surface area (Å²) in [6.45, 7) is 4.15. The van der Waals surface area contributed by atoms with Crippen molar-refractivity contribution in [2.45, 2.75) is 26.7 Å². The van der Waals surface area contributed by atoms with Gasteiger partial charge in [-0.25, -0.2) is 4.79 Å². The maximum Gasteiger partial charge on any atom is 0.344 e. The maximum atomic E-state index is 11.7. The van der Waals surface area contributed by atoms with Crippen molar-refractivity contribution in [3.05, 3.63) is 34.9 Å².